The largest absolute Gasteiger partial charge is 0.492 e. The fourth-order valence-electron chi connectivity index (χ4n) is 2.04. The van der Waals surface area contributed by atoms with Crippen LogP contribution in [0.3, 0.4) is 0 Å². The molecule has 0 aromatic heterocycles. The Morgan fingerprint density at radius 1 is 1.50 bits per heavy atom. The van der Waals surface area contributed by atoms with Crippen LogP contribution in [0.1, 0.15) is 18.1 Å². The minimum atomic E-state index is -1.19. The first-order chi connectivity index (χ1) is 9.49. The van der Waals surface area contributed by atoms with Crippen LogP contribution in [-0.4, -0.2) is 35.7 Å². The van der Waals surface area contributed by atoms with Crippen LogP contribution in [0, 0.1) is 0 Å². The summed E-state index contributed by atoms with van der Waals surface area (Å²) in [5.74, 6) is 0.205. The minimum absolute atomic E-state index is 0.0356. The molecule has 0 atom stereocenters. The van der Waals surface area contributed by atoms with Crippen molar-refractivity contribution in [3.05, 3.63) is 23.3 Å². The number of ether oxygens (including phenoxy) is 1. The number of ketones is 1. The summed E-state index contributed by atoms with van der Waals surface area (Å²) in [7, 11) is -1.11. The van der Waals surface area contributed by atoms with Gasteiger partial charge in [-0.2, -0.15) is 0 Å². The van der Waals surface area contributed by atoms with Crippen molar-refractivity contribution in [1.82, 2.24) is 5.32 Å². The molecule has 1 aliphatic heterocycles. The van der Waals surface area contributed by atoms with Crippen molar-refractivity contribution in [2.24, 2.45) is 0 Å². The normalized spacial score (nSPS) is 13.0. The van der Waals surface area contributed by atoms with E-state index < -0.39 is 13.2 Å². The maximum absolute atomic E-state index is 11.0. The Bertz CT molecular complexity index is 547. The van der Waals surface area contributed by atoms with Gasteiger partial charge in [-0.1, -0.05) is 6.07 Å². The molecule has 0 spiro atoms. The Balaban J connectivity index is 2.32. The van der Waals surface area contributed by atoms with Gasteiger partial charge in [-0.3, -0.25) is 4.79 Å². The van der Waals surface area contributed by atoms with Crippen LogP contribution in [0.2, 0.25) is 0 Å². The van der Waals surface area contributed by atoms with Gasteiger partial charge in [0.05, 0.1) is 6.61 Å². The van der Waals surface area contributed by atoms with Gasteiger partial charge in [-0.15, -0.1) is 0 Å². The van der Waals surface area contributed by atoms with Gasteiger partial charge in [0.15, 0.2) is 5.78 Å². The Kier molecular flexibility index (Phi) is 4.26. The van der Waals surface area contributed by atoms with Gasteiger partial charge in [-0.25, -0.2) is 4.79 Å². The molecule has 3 N–H and O–H groups in total. The maximum Gasteiger partial charge on any atom is 0.492 e. The molecule has 1 aromatic rings. The lowest BCUT2D eigenvalue weighted by atomic mass is 9.76. The van der Waals surface area contributed by atoms with E-state index >= 15 is 0 Å². The zero-order valence-corrected chi connectivity index (χ0v) is 10.9. The highest BCUT2D eigenvalue weighted by Crippen LogP contribution is 2.23. The van der Waals surface area contributed by atoms with Gasteiger partial charge in [0.2, 0.25) is 0 Å². The fourth-order valence-corrected chi connectivity index (χ4v) is 2.04. The molecule has 1 heterocycles. The quantitative estimate of drug-likeness (QED) is 0.636. The number of benzene rings is 1. The summed E-state index contributed by atoms with van der Waals surface area (Å²) in [5, 5.41) is 20.7. The van der Waals surface area contributed by atoms with E-state index in [1.165, 1.54) is 6.92 Å². The third-order valence-corrected chi connectivity index (χ3v) is 2.90. The Morgan fingerprint density at radius 3 is 2.90 bits per heavy atom. The van der Waals surface area contributed by atoms with Gasteiger partial charge in [0.25, 0.3) is 0 Å². The lowest BCUT2D eigenvalue weighted by molar-refractivity contribution is -0.118. The van der Waals surface area contributed by atoms with E-state index in [-0.39, 0.29) is 25.5 Å². The Labute approximate surface area is 115 Å². The van der Waals surface area contributed by atoms with Gasteiger partial charge >= 0.3 is 13.2 Å². The summed E-state index contributed by atoms with van der Waals surface area (Å²) in [4.78, 5) is 21.6. The van der Waals surface area contributed by atoms with Crippen molar-refractivity contribution in [3.63, 3.8) is 0 Å². The summed E-state index contributed by atoms with van der Waals surface area (Å²) in [6.45, 7) is 1.49. The molecule has 8 heteroatoms. The Hall–Kier alpha value is -2.06. The lowest BCUT2D eigenvalue weighted by Gasteiger charge is -2.14. The van der Waals surface area contributed by atoms with Gasteiger partial charge < -0.3 is 24.8 Å². The van der Waals surface area contributed by atoms with Gasteiger partial charge in [0, 0.05) is 12.1 Å². The molecule has 0 unspecified atom stereocenters. The van der Waals surface area contributed by atoms with Crippen LogP contribution in [-0.2, 0) is 22.6 Å². The summed E-state index contributed by atoms with van der Waals surface area (Å²) >= 11 is 0. The van der Waals surface area contributed by atoms with Crippen LogP contribution in [0.25, 0.3) is 0 Å². The SMILES string of the molecule is CC(=O)COc1ccc2c(c1CNC(=O)O)B(O)OC2. The van der Waals surface area contributed by atoms with Crippen molar-refractivity contribution < 1.29 is 29.1 Å². The highest BCUT2D eigenvalue weighted by Gasteiger charge is 2.32. The highest BCUT2D eigenvalue weighted by molar-refractivity contribution is 6.62. The topological polar surface area (TPSA) is 105 Å². The van der Waals surface area contributed by atoms with Crippen molar-refractivity contribution in [2.45, 2.75) is 20.1 Å². The monoisotopic (exact) mass is 279 g/mol. The number of amides is 1. The van der Waals surface area contributed by atoms with E-state index in [4.69, 9.17) is 14.5 Å². The number of Topliss-reactive ketones (excluding diaryl/α,β-unsaturated/α-hetero) is 1. The molecule has 0 radical (unpaired) electrons. The molecular formula is C12H14BNO6. The molecule has 0 bridgehead atoms. The number of hydrogen-bond acceptors (Lipinski definition) is 5. The second-order valence-electron chi connectivity index (χ2n) is 4.43. The van der Waals surface area contributed by atoms with E-state index in [1.807, 2.05) is 0 Å². The summed E-state index contributed by atoms with van der Waals surface area (Å²) in [6.07, 6.45) is -1.19. The number of carboxylic acid groups (broad SMARTS) is 1. The second kappa shape index (κ2) is 5.93. The molecule has 0 saturated carbocycles. The zero-order chi connectivity index (χ0) is 14.7. The molecule has 1 aromatic carbocycles. The molecule has 1 aliphatic rings. The average Bonchev–Trinajstić information content (AvgIpc) is 2.76. The lowest BCUT2D eigenvalue weighted by Crippen LogP contribution is -2.35. The summed E-state index contributed by atoms with van der Waals surface area (Å²) < 4.78 is 10.5. The molecule has 0 fully saturated rings. The van der Waals surface area contributed by atoms with Crippen LogP contribution in [0.4, 0.5) is 4.79 Å². The first-order valence-corrected chi connectivity index (χ1v) is 6.02. The number of nitrogens with one attached hydrogen (secondary N) is 1. The van der Waals surface area contributed by atoms with Crippen LogP contribution in [0.15, 0.2) is 12.1 Å². The standard InChI is InChI=1S/C12H14BNO6/c1-7(15)5-19-10-3-2-8-6-20-13(18)11(8)9(10)4-14-12(16)17/h2-3,14,18H,4-6H2,1H3,(H,16,17). The smallest absolute Gasteiger partial charge is 0.486 e. The van der Waals surface area contributed by atoms with Crippen LogP contribution >= 0.6 is 0 Å². The van der Waals surface area contributed by atoms with E-state index in [1.54, 1.807) is 12.1 Å². The van der Waals surface area contributed by atoms with Crippen LogP contribution in [0.5, 0.6) is 5.75 Å². The second-order valence-corrected chi connectivity index (χ2v) is 4.43. The van der Waals surface area contributed by atoms with Crippen molar-refractivity contribution in [3.8, 4) is 5.75 Å². The van der Waals surface area contributed by atoms with Gasteiger partial charge in [-0.05, 0) is 24.0 Å². The van der Waals surface area contributed by atoms with Crippen molar-refractivity contribution in [2.75, 3.05) is 6.61 Å². The van der Waals surface area contributed by atoms with E-state index in [2.05, 4.69) is 5.32 Å². The third-order valence-electron chi connectivity index (χ3n) is 2.90. The van der Waals surface area contributed by atoms with E-state index in [0.29, 0.717) is 16.8 Å². The predicted molar refractivity (Wildman–Crippen MR) is 69.9 cm³/mol. The molecule has 106 valence electrons. The first-order valence-electron chi connectivity index (χ1n) is 6.02. The third kappa shape index (κ3) is 3.09. The number of fused-ring (bicyclic) bond motifs is 1. The summed E-state index contributed by atoms with van der Waals surface area (Å²) in [5.41, 5.74) is 1.76. The number of carbonyl (C=O) groups is 2. The summed E-state index contributed by atoms with van der Waals surface area (Å²) in [6, 6.07) is 3.37. The predicted octanol–water partition coefficient (Wildman–Crippen LogP) is -0.360. The average molecular weight is 279 g/mol. The molecule has 1 amide bonds. The van der Waals surface area contributed by atoms with Crippen LogP contribution < -0.4 is 15.5 Å². The van der Waals surface area contributed by atoms with Gasteiger partial charge in [0.1, 0.15) is 12.4 Å². The number of carbonyl (C=O) groups excluding carboxylic acids is 1. The fraction of sp³-hybridized carbons (Fsp3) is 0.333. The molecule has 2 rings (SSSR count). The molecule has 20 heavy (non-hydrogen) atoms. The van der Waals surface area contributed by atoms with Crippen molar-refractivity contribution >= 4 is 24.5 Å². The van der Waals surface area contributed by atoms with E-state index in [0.717, 1.165) is 5.56 Å². The molecule has 0 saturated heterocycles. The van der Waals surface area contributed by atoms with E-state index in [9.17, 15) is 14.6 Å². The Morgan fingerprint density at radius 2 is 2.25 bits per heavy atom. The number of rotatable bonds is 5. The minimum Gasteiger partial charge on any atom is -0.486 e. The highest BCUT2D eigenvalue weighted by atomic mass is 16.5. The first kappa shape index (κ1) is 14.4. The molecule has 0 aliphatic carbocycles. The molecule has 7 nitrogen and oxygen atoms in total. The van der Waals surface area contributed by atoms with Crippen molar-refractivity contribution in [1.29, 1.82) is 0 Å². The number of hydrogen-bond donors (Lipinski definition) is 3. The zero-order valence-electron chi connectivity index (χ0n) is 10.9. The molecular weight excluding hydrogens is 265 g/mol. The maximum atomic E-state index is 11.0.